The van der Waals surface area contributed by atoms with Gasteiger partial charge >= 0.3 is 5.97 Å². The van der Waals surface area contributed by atoms with Gasteiger partial charge < -0.3 is 10.1 Å². The van der Waals surface area contributed by atoms with Crippen LogP contribution in [0.5, 0.6) is 0 Å². The summed E-state index contributed by atoms with van der Waals surface area (Å²) in [4.78, 5) is 29.4. The number of carbonyl (C=O) groups excluding carboxylic acids is 2. The van der Waals surface area contributed by atoms with Crippen molar-refractivity contribution >= 4 is 28.3 Å². The van der Waals surface area contributed by atoms with Crippen molar-refractivity contribution in [3.8, 4) is 0 Å². The second-order valence-corrected chi connectivity index (χ2v) is 6.01. The SMILES string of the molecule is CC(=O)Nc1ncc(CN2CCC(OC(C)=O)CC2)s1. The Bertz CT molecular complexity index is 481. The van der Waals surface area contributed by atoms with Gasteiger partial charge in [0.25, 0.3) is 0 Å². The molecule has 1 fully saturated rings. The average molecular weight is 297 g/mol. The summed E-state index contributed by atoms with van der Waals surface area (Å²) in [5.74, 6) is -0.307. The van der Waals surface area contributed by atoms with Crippen LogP contribution in [0.25, 0.3) is 0 Å². The molecule has 0 aromatic carbocycles. The molecule has 2 rings (SSSR count). The molecular weight excluding hydrogens is 278 g/mol. The molecule has 0 spiro atoms. The molecule has 0 unspecified atom stereocenters. The summed E-state index contributed by atoms with van der Waals surface area (Å²) in [6, 6.07) is 0. The number of carbonyl (C=O) groups is 2. The molecule has 1 aromatic rings. The molecule has 1 aromatic heterocycles. The molecule has 1 amide bonds. The number of rotatable bonds is 4. The number of esters is 1. The molecule has 0 bridgehead atoms. The Morgan fingerprint density at radius 1 is 1.45 bits per heavy atom. The van der Waals surface area contributed by atoms with Crippen molar-refractivity contribution in [2.24, 2.45) is 0 Å². The number of hydrogen-bond donors (Lipinski definition) is 1. The molecule has 110 valence electrons. The Hall–Kier alpha value is -1.47. The molecular formula is C13H19N3O3S. The molecule has 0 aliphatic carbocycles. The monoisotopic (exact) mass is 297 g/mol. The van der Waals surface area contributed by atoms with Crippen molar-refractivity contribution in [2.75, 3.05) is 18.4 Å². The third kappa shape index (κ3) is 4.57. The van der Waals surface area contributed by atoms with E-state index in [4.69, 9.17) is 4.74 Å². The van der Waals surface area contributed by atoms with E-state index in [0.29, 0.717) is 5.13 Å². The Morgan fingerprint density at radius 3 is 2.75 bits per heavy atom. The lowest BCUT2D eigenvalue weighted by atomic mass is 10.1. The molecule has 6 nitrogen and oxygen atoms in total. The summed E-state index contributed by atoms with van der Waals surface area (Å²) >= 11 is 1.50. The summed E-state index contributed by atoms with van der Waals surface area (Å²) in [7, 11) is 0. The van der Waals surface area contributed by atoms with E-state index < -0.39 is 0 Å². The van der Waals surface area contributed by atoms with Gasteiger partial charge in [-0.2, -0.15) is 0 Å². The van der Waals surface area contributed by atoms with Crippen molar-refractivity contribution in [2.45, 2.75) is 39.3 Å². The molecule has 0 saturated carbocycles. The normalized spacial score (nSPS) is 16.9. The molecule has 20 heavy (non-hydrogen) atoms. The number of aromatic nitrogens is 1. The van der Waals surface area contributed by atoms with E-state index in [1.54, 1.807) is 6.20 Å². The Balaban J connectivity index is 1.79. The smallest absolute Gasteiger partial charge is 0.302 e. The lowest BCUT2D eigenvalue weighted by Gasteiger charge is -2.30. The number of anilines is 1. The van der Waals surface area contributed by atoms with Crippen molar-refractivity contribution in [3.05, 3.63) is 11.1 Å². The lowest BCUT2D eigenvalue weighted by molar-refractivity contribution is -0.148. The molecule has 2 heterocycles. The van der Waals surface area contributed by atoms with E-state index in [1.807, 2.05) is 0 Å². The minimum Gasteiger partial charge on any atom is -0.462 e. The van der Waals surface area contributed by atoms with Crippen molar-refractivity contribution in [1.82, 2.24) is 9.88 Å². The van der Waals surface area contributed by atoms with Crippen LogP contribution in [0.3, 0.4) is 0 Å². The predicted molar refractivity (Wildman–Crippen MR) is 76.5 cm³/mol. The summed E-state index contributed by atoms with van der Waals surface area (Å²) < 4.78 is 5.21. The van der Waals surface area contributed by atoms with Gasteiger partial charge in [-0.05, 0) is 12.8 Å². The van der Waals surface area contributed by atoms with Crippen LogP contribution in [-0.4, -0.2) is 41.0 Å². The summed E-state index contributed by atoms with van der Waals surface area (Å²) in [6.45, 7) is 5.56. The fourth-order valence-corrected chi connectivity index (χ4v) is 3.13. The zero-order chi connectivity index (χ0) is 14.5. The van der Waals surface area contributed by atoms with E-state index in [2.05, 4.69) is 15.2 Å². The quantitative estimate of drug-likeness (QED) is 0.855. The molecule has 7 heteroatoms. The number of hydrogen-bond acceptors (Lipinski definition) is 6. The number of nitrogens with zero attached hydrogens (tertiary/aromatic N) is 2. The van der Waals surface area contributed by atoms with Crippen LogP contribution in [0.4, 0.5) is 5.13 Å². The van der Waals surface area contributed by atoms with Crippen LogP contribution < -0.4 is 5.32 Å². The Labute approximate surface area is 122 Å². The van der Waals surface area contributed by atoms with Crippen molar-refractivity contribution < 1.29 is 14.3 Å². The van der Waals surface area contributed by atoms with E-state index in [1.165, 1.54) is 25.2 Å². The second-order valence-electron chi connectivity index (χ2n) is 4.90. The van der Waals surface area contributed by atoms with Gasteiger partial charge in [0.2, 0.25) is 5.91 Å². The fraction of sp³-hybridized carbons (Fsp3) is 0.615. The number of likely N-dealkylation sites (tertiary alicyclic amines) is 1. The van der Waals surface area contributed by atoms with Crippen LogP contribution in [0, 0.1) is 0 Å². The number of nitrogens with one attached hydrogen (secondary N) is 1. The third-order valence-corrected chi connectivity index (χ3v) is 3.98. The Kier molecular flexibility index (Phi) is 5.08. The third-order valence-electron chi connectivity index (χ3n) is 3.08. The van der Waals surface area contributed by atoms with Crippen LogP contribution >= 0.6 is 11.3 Å². The number of thiazole rings is 1. The Morgan fingerprint density at radius 2 is 2.15 bits per heavy atom. The van der Waals surface area contributed by atoms with E-state index >= 15 is 0 Å². The largest absolute Gasteiger partial charge is 0.462 e. The summed E-state index contributed by atoms with van der Waals surface area (Å²) in [5.41, 5.74) is 0. The van der Waals surface area contributed by atoms with E-state index in [0.717, 1.165) is 37.4 Å². The first kappa shape index (κ1) is 14.9. The number of piperidine rings is 1. The summed E-state index contributed by atoms with van der Waals surface area (Å²) in [5, 5.41) is 3.32. The predicted octanol–water partition coefficient (Wildman–Crippen LogP) is 1.63. The fourth-order valence-electron chi connectivity index (χ4n) is 2.23. The van der Waals surface area contributed by atoms with Crippen LogP contribution in [0.1, 0.15) is 31.6 Å². The van der Waals surface area contributed by atoms with Gasteiger partial charge in [-0.25, -0.2) is 4.98 Å². The highest BCUT2D eigenvalue weighted by Gasteiger charge is 2.21. The van der Waals surface area contributed by atoms with Gasteiger partial charge in [0.15, 0.2) is 5.13 Å². The lowest BCUT2D eigenvalue weighted by Crippen LogP contribution is -2.37. The van der Waals surface area contributed by atoms with Crippen molar-refractivity contribution in [3.63, 3.8) is 0 Å². The van der Waals surface area contributed by atoms with Gasteiger partial charge in [0.1, 0.15) is 6.10 Å². The van der Waals surface area contributed by atoms with Gasteiger partial charge in [0, 0.05) is 44.6 Å². The van der Waals surface area contributed by atoms with Crippen LogP contribution in [0.2, 0.25) is 0 Å². The molecule has 1 saturated heterocycles. The van der Waals surface area contributed by atoms with Gasteiger partial charge in [-0.15, -0.1) is 11.3 Å². The maximum absolute atomic E-state index is 10.9. The maximum Gasteiger partial charge on any atom is 0.302 e. The van der Waals surface area contributed by atoms with E-state index in [-0.39, 0.29) is 18.0 Å². The first-order valence-corrected chi connectivity index (χ1v) is 7.46. The van der Waals surface area contributed by atoms with E-state index in [9.17, 15) is 9.59 Å². The highest BCUT2D eigenvalue weighted by molar-refractivity contribution is 7.15. The topological polar surface area (TPSA) is 71.5 Å². The minimum absolute atomic E-state index is 0.0557. The minimum atomic E-state index is -0.203. The van der Waals surface area contributed by atoms with Gasteiger partial charge in [0.05, 0.1) is 0 Å². The van der Waals surface area contributed by atoms with Crippen LogP contribution in [0.15, 0.2) is 6.20 Å². The molecule has 1 N–H and O–H groups in total. The molecule has 1 aliphatic heterocycles. The first-order chi connectivity index (χ1) is 9.52. The standard InChI is InChI=1S/C13H19N3O3S/c1-9(17)15-13-14-7-12(20-13)8-16-5-3-11(4-6-16)19-10(2)18/h7,11H,3-6,8H2,1-2H3,(H,14,15,17). The van der Waals surface area contributed by atoms with Crippen LogP contribution in [-0.2, 0) is 20.9 Å². The zero-order valence-corrected chi connectivity index (χ0v) is 12.5. The highest BCUT2D eigenvalue weighted by atomic mass is 32.1. The number of amides is 1. The summed E-state index contributed by atoms with van der Waals surface area (Å²) in [6.07, 6.45) is 3.60. The molecule has 1 aliphatic rings. The van der Waals surface area contributed by atoms with Gasteiger partial charge in [-0.3, -0.25) is 14.5 Å². The number of ether oxygens (including phenoxy) is 1. The zero-order valence-electron chi connectivity index (χ0n) is 11.7. The molecule has 0 radical (unpaired) electrons. The maximum atomic E-state index is 10.9. The first-order valence-electron chi connectivity index (χ1n) is 6.65. The van der Waals surface area contributed by atoms with Gasteiger partial charge in [-0.1, -0.05) is 0 Å². The van der Waals surface area contributed by atoms with Crippen molar-refractivity contribution in [1.29, 1.82) is 0 Å². The average Bonchev–Trinajstić information content (AvgIpc) is 2.77. The highest BCUT2D eigenvalue weighted by Crippen LogP contribution is 2.22. The molecule has 0 atom stereocenters. The second kappa shape index (κ2) is 6.81.